The minimum Gasteiger partial charge on any atom is -0.494 e. The van der Waals surface area contributed by atoms with E-state index in [-0.39, 0.29) is 11.3 Å². The van der Waals surface area contributed by atoms with Crippen LogP contribution in [0.4, 0.5) is 4.39 Å². The molecule has 92 valence electrons. The summed E-state index contributed by atoms with van der Waals surface area (Å²) in [6, 6.07) is 3.08. The van der Waals surface area contributed by atoms with Gasteiger partial charge in [0.05, 0.1) is 18.1 Å². The first-order chi connectivity index (χ1) is 7.84. The summed E-state index contributed by atoms with van der Waals surface area (Å²) in [5.74, 6) is -0.165. The number of methoxy groups -OCH3 is 1. The Balaban J connectivity index is 2.86. The van der Waals surface area contributed by atoms with Crippen molar-refractivity contribution in [3.05, 3.63) is 22.7 Å². The number of aromatic nitrogens is 2. The number of hydrogen-bond donors (Lipinski definition) is 1. The van der Waals surface area contributed by atoms with Crippen LogP contribution < -0.4 is 4.74 Å². The maximum atomic E-state index is 13.6. The summed E-state index contributed by atoms with van der Waals surface area (Å²) in [7, 11) is 1.45. The largest absolute Gasteiger partial charge is 0.494 e. The SMILES string of the molecule is COc1cc2c(cc1F)[nH]c(=S)n2C(C)(C)C. The summed E-state index contributed by atoms with van der Waals surface area (Å²) in [6.07, 6.45) is 0. The number of aromatic amines is 1. The standard InChI is InChI=1S/C12H15FN2OS/c1-12(2,3)15-9-6-10(16-4)7(13)5-8(9)14-11(15)17/h5-6H,1-4H3,(H,14,17). The number of rotatable bonds is 1. The highest BCUT2D eigenvalue weighted by atomic mass is 32.1. The minimum absolute atomic E-state index is 0.168. The van der Waals surface area contributed by atoms with Gasteiger partial charge >= 0.3 is 0 Å². The van der Waals surface area contributed by atoms with Gasteiger partial charge in [-0.1, -0.05) is 0 Å². The number of imidazole rings is 1. The van der Waals surface area contributed by atoms with Gasteiger partial charge in [0.2, 0.25) is 0 Å². The molecule has 0 aliphatic heterocycles. The molecule has 1 heterocycles. The predicted octanol–water partition coefficient (Wildman–Crippen LogP) is 3.60. The monoisotopic (exact) mass is 254 g/mol. The second-order valence-corrected chi connectivity index (χ2v) is 5.33. The molecule has 0 aliphatic carbocycles. The highest BCUT2D eigenvalue weighted by molar-refractivity contribution is 7.71. The van der Waals surface area contributed by atoms with E-state index in [0.29, 0.717) is 10.3 Å². The molecule has 0 fully saturated rings. The Kier molecular flexibility index (Phi) is 2.73. The van der Waals surface area contributed by atoms with Crippen LogP contribution in [0.3, 0.4) is 0 Å². The van der Waals surface area contributed by atoms with E-state index in [1.165, 1.54) is 13.2 Å². The second-order valence-electron chi connectivity index (χ2n) is 4.94. The Bertz CT molecular complexity index is 622. The van der Waals surface area contributed by atoms with Crippen LogP contribution in [0.25, 0.3) is 11.0 Å². The summed E-state index contributed by atoms with van der Waals surface area (Å²) < 4.78 is 21.1. The van der Waals surface area contributed by atoms with Crippen molar-refractivity contribution in [2.45, 2.75) is 26.3 Å². The van der Waals surface area contributed by atoms with Crippen LogP contribution in [0.5, 0.6) is 5.75 Å². The van der Waals surface area contributed by atoms with E-state index in [1.54, 1.807) is 6.07 Å². The maximum absolute atomic E-state index is 13.6. The first-order valence-electron chi connectivity index (χ1n) is 5.33. The molecule has 1 aromatic carbocycles. The van der Waals surface area contributed by atoms with Gasteiger partial charge in [-0.15, -0.1) is 0 Å². The average molecular weight is 254 g/mol. The molecule has 0 saturated heterocycles. The fourth-order valence-electron chi connectivity index (χ4n) is 1.93. The fourth-order valence-corrected chi connectivity index (χ4v) is 2.41. The number of fused-ring (bicyclic) bond motifs is 1. The molecule has 0 atom stereocenters. The average Bonchev–Trinajstić information content (AvgIpc) is 2.50. The summed E-state index contributed by atoms with van der Waals surface area (Å²) in [6.45, 7) is 6.14. The number of hydrogen-bond acceptors (Lipinski definition) is 2. The van der Waals surface area contributed by atoms with Gasteiger partial charge in [0.15, 0.2) is 16.3 Å². The molecule has 0 aliphatic rings. The first-order valence-corrected chi connectivity index (χ1v) is 5.74. The molecule has 5 heteroatoms. The predicted molar refractivity (Wildman–Crippen MR) is 68.6 cm³/mol. The summed E-state index contributed by atoms with van der Waals surface area (Å²) in [5.41, 5.74) is 1.36. The van der Waals surface area contributed by atoms with Crippen molar-refractivity contribution in [1.29, 1.82) is 0 Å². The molecule has 1 N–H and O–H groups in total. The normalized spacial score (nSPS) is 12.1. The van der Waals surface area contributed by atoms with Gasteiger partial charge in [0, 0.05) is 17.7 Å². The second kappa shape index (κ2) is 3.84. The molecule has 0 saturated carbocycles. The Hall–Kier alpha value is -1.36. The number of halogens is 1. The van der Waals surface area contributed by atoms with Crippen molar-refractivity contribution in [1.82, 2.24) is 9.55 Å². The number of benzene rings is 1. The maximum Gasteiger partial charge on any atom is 0.178 e. The van der Waals surface area contributed by atoms with Crippen LogP contribution in [-0.2, 0) is 5.54 Å². The molecule has 17 heavy (non-hydrogen) atoms. The Labute approximate surface area is 104 Å². The zero-order chi connectivity index (χ0) is 12.8. The van der Waals surface area contributed by atoms with Crippen molar-refractivity contribution in [3.63, 3.8) is 0 Å². The molecule has 0 spiro atoms. The molecule has 0 radical (unpaired) electrons. The van der Waals surface area contributed by atoms with Gasteiger partial charge in [-0.2, -0.15) is 0 Å². The fraction of sp³-hybridized carbons (Fsp3) is 0.417. The lowest BCUT2D eigenvalue weighted by Crippen LogP contribution is -2.21. The zero-order valence-corrected chi connectivity index (χ0v) is 11.1. The Morgan fingerprint density at radius 2 is 2.00 bits per heavy atom. The molecule has 2 rings (SSSR count). The Morgan fingerprint density at radius 1 is 1.35 bits per heavy atom. The lowest BCUT2D eigenvalue weighted by atomic mass is 10.1. The van der Waals surface area contributed by atoms with Crippen LogP contribution in [0.1, 0.15) is 20.8 Å². The molecular formula is C12H15FN2OS. The zero-order valence-electron chi connectivity index (χ0n) is 10.3. The Morgan fingerprint density at radius 3 is 2.53 bits per heavy atom. The van der Waals surface area contributed by atoms with Gasteiger partial charge in [-0.05, 0) is 33.0 Å². The van der Waals surface area contributed by atoms with E-state index in [9.17, 15) is 4.39 Å². The summed E-state index contributed by atoms with van der Waals surface area (Å²) in [4.78, 5) is 3.01. The van der Waals surface area contributed by atoms with E-state index in [2.05, 4.69) is 4.98 Å². The van der Waals surface area contributed by atoms with E-state index in [0.717, 1.165) is 5.52 Å². The van der Waals surface area contributed by atoms with Gasteiger partial charge in [-0.3, -0.25) is 0 Å². The smallest absolute Gasteiger partial charge is 0.178 e. The van der Waals surface area contributed by atoms with E-state index >= 15 is 0 Å². The third-order valence-corrected chi connectivity index (χ3v) is 2.91. The summed E-state index contributed by atoms with van der Waals surface area (Å²) >= 11 is 5.27. The number of nitrogens with one attached hydrogen (secondary N) is 1. The molecular weight excluding hydrogens is 239 g/mol. The van der Waals surface area contributed by atoms with Crippen molar-refractivity contribution < 1.29 is 9.13 Å². The first kappa shape index (κ1) is 12.1. The van der Waals surface area contributed by atoms with Gasteiger partial charge in [0.1, 0.15) is 0 Å². The van der Waals surface area contributed by atoms with E-state index in [4.69, 9.17) is 17.0 Å². The van der Waals surface area contributed by atoms with Crippen LogP contribution >= 0.6 is 12.2 Å². The number of nitrogens with zero attached hydrogens (tertiary/aromatic N) is 1. The van der Waals surface area contributed by atoms with Gasteiger partial charge in [0.25, 0.3) is 0 Å². The topological polar surface area (TPSA) is 29.9 Å². The van der Waals surface area contributed by atoms with Crippen molar-refractivity contribution in [3.8, 4) is 5.75 Å². The van der Waals surface area contributed by atoms with Gasteiger partial charge < -0.3 is 14.3 Å². The van der Waals surface area contributed by atoms with Crippen LogP contribution in [-0.4, -0.2) is 16.7 Å². The van der Waals surface area contributed by atoms with Crippen LogP contribution in [0, 0.1) is 10.6 Å². The quantitative estimate of drug-likeness (QED) is 0.788. The third kappa shape index (κ3) is 1.95. The third-order valence-electron chi connectivity index (χ3n) is 2.63. The lowest BCUT2D eigenvalue weighted by Gasteiger charge is -2.22. The highest BCUT2D eigenvalue weighted by Crippen LogP contribution is 2.28. The van der Waals surface area contributed by atoms with Crippen LogP contribution in [0.2, 0.25) is 0 Å². The number of ether oxygens (including phenoxy) is 1. The van der Waals surface area contributed by atoms with Crippen molar-refractivity contribution in [2.24, 2.45) is 0 Å². The molecule has 2 aromatic rings. The number of H-pyrrole nitrogens is 1. The van der Waals surface area contributed by atoms with E-state index in [1.807, 2.05) is 25.3 Å². The molecule has 0 unspecified atom stereocenters. The van der Waals surface area contributed by atoms with Crippen molar-refractivity contribution >= 4 is 23.3 Å². The molecule has 0 bridgehead atoms. The van der Waals surface area contributed by atoms with Crippen molar-refractivity contribution in [2.75, 3.05) is 7.11 Å². The lowest BCUT2D eigenvalue weighted by molar-refractivity contribution is 0.384. The van der Waals surface area contributed by atoms with Gasteiger partial charge in [-0.25, -0.2) is 4.39 Å². The minimum atomic E-state index is -0.391. The van der Waals surface area contributed by atoms with Crippen LogP contribution in [0.15, 0.2) is 12.1 Å². The molecule has 1 aromatic heterocycles. The van der Waals surface area contributed by atoms with E-state index < -0.39 is 5.82 Å². The highest BCUT2D eigenvalue weighted by Gasteiger charge is 2.19. The summed E-state index contributed by atoms with van der Waals surface area (Å²) in [5, 5.41) is 0. The molecule has 0 amide bonds. The molecule has 3 nitrogen and oxygen atoms in total.